The number of hydrogen-bond acceptors (Lipinski definition) is 4. The molecule has 0 aromatic carbocycles. The lowest BCUT2D eigenvalue weighted by Crippen LogP contribution is -2.43. The number of nitrogens with zero attached hydrogens (tertiary/aromatic N) is 3. The van der Waals surface area contributed by atoms with Crippen molar-refractivity contribution < 1.29 is 9.90 Å². The summed E-state index contributed by atoms with van der Waals surface area (Å²) in [5, 5.41) is 18.0. The zero-order valence-electron chi connectivity index (χ0n) is 10.2. The van der Waals surface area contributed by atoms with Gasteiger partial charge in [-0.05, 0) is 24.5 Å². The van der Waals surface area contributed by atoms with Crippen LogP contribution in [0.4, 0.5) is 5.69 Å². The molecule has 1 aliphatic rings. The summed E-state index contributed by atoms with van der Waals surface area (Å²) in [7, 11) is 0. The molecule has 1 aromatic rings. The van der Waals surface area contributed by atoms with Gasteiger partial charge >= 0.3 is 5.97 Å². The molecule has 0 aliphatic carbocycles. The van der Waals surface area contributed by atoms with E-state index in [-0.39, 0.29) is 11.8 Å². The predicted octanol–water partition coefficient (Wildman–Crippen LogP) is 1.50. The molecule has 2 unspecified atom stereocenters. The fourth-order valence-corrected chi connectivity index (χ4v) is 2.30. The minimum Gasteiger partial charge on any atom is -0.481 e. The van der Waals surface area contributed by atoms with Crippen molar-refractivity contribution in [2.45, 2.75) is 13.3 Å². The fourth-order valence-electron chi connectivity index (χ4n) is 2.30. The smallest absolute Gasteiger partial charge is 0.308 e. The normalized spacial score (nSPS) is 23.4. The number of nitriles is 1. The van der Waals surface area contributed by atoms with E-state index < -0.39 is 5.97 Å². The Labute approximate surface area is 106 Å². The first-order valence-corrected chi connectivity index (χ1v) is 5.95. The van der Waals surface area contributed by atoms with Crippen molar-refractivity contribution in [2.24, 2.45) is 11.8 Å². The molecule has 94 valence electrons. The van der Waals surface area contributed by atoms with Crippen molar-refractivity contribution in [1.82, 2.24) is 4.98 Å². The van der Waals surface area contributed by atoms with Gasteiger partial charge in [0, 0.05) is 25.0 Å². The minimum absolute atomic E-state index is 0.191. The molecule has 2 heterocycles. The summed E-state index contributed by atoms with van der Waals surface area (Å²) >= 11 is 0. The van der Waals surface area contributed by atoms with E-state index in [0.717, 1.165) is 18.7 Å². The molecule has 1 saturated heterocycles. The van der Waals surface area contributed by atoms with Crippen molar-refractivity contribution in [3.8, 4) is 6.07 Å². The van der Waals surface area contributed by atoms with Crippen LogP contribution < -0.4 is 4.90 Å². The number of aromatic nitrogens is 1. The fraction of sp³-hybridized carbons (Fsp3) is 0.462. The molecule has 0 amide bonds. The van der Waals surface area contributed by atoms with Crippen LogP contribution in [0.2, 0.25) is 0 Å². The first kappa shape index (κ1) is 12.4. The van der Waals surface area contributed by atoms with Crippen LogP contribution in [-0.2, 0) is 4.79 Å². The first-order valence-electron chi connectivity index (χ1n) is 5.95. The summed E-state index contributed by atoms with van der Waals surface area (Å²) in [5.74, 6) is -0.907. The van der Waals surface area contributed by atoms with Crippen LogP contribution in [0.3, 0.4) is 0 Å². The van der Waals surface area contributed by atoms with Gasteiger partial charge < -0.3 is 10.0 Å². The van der Waals surface area contributed by atoms with Crippen LogP contribution in [0, 0.1) is 23.2 Å². The van der Waals surface area contributed by atoms with Crippen LogP contribution in [-0.4, -0.2) is 29.1 Å². The zero-order chi connectivity index (χ0) is 13.1. The molecule has 0 radical (unpaired) electrons. The van der Waals surface area contributed by atoms with E-state index in [1.807, 2.05) is 24.0 Å². The molecule has 5 nitrogen and oxygen atoms in total. The van der Waals surface area contributed by atoms with Crippen molar-refractivity contribution >= 4 is 11.7 Å². The van der Waals surface area contributed by atoms with Gasteiger partial charge in [0.2, 0.25) is 0 Å². The average Bonchev–Trinajstić information content (AvgIpc) is 2.39. The van der Waals surface area contributed by atoms with Crippen LogP contribution in [0.1, 0.15) is 19.0 Å². The third kappa shape index (κ3) is 2.43. The van der Waals surface area contributed by atoms with Gasteiger partial charge in [0.1, 0.15) is 11.8 Å². The Hall–Kier alpha value is -2.09. The third-order valence-electron chi connectivity index (χ3n) is 3.50. The molecule has 2 rings (SSSR count). The van der Waals surface area contributed by atoms with E-state index in [1.165, 1.54) is 0 Å². The average molecular weight is 245 g/mol. The summed E-state index contributed by atoms with van der Waals surface area (Å²) in [6, 6.07) is 5.51. The van der Waals surface area contributed by atoms with Gasteiger partial charge in [0.15, 0.2) is 0 Å². The standard InChI is InChI=1S/C13H15N3O2/c1-9-3-5-16(8-12(9)13(17)18)11-2-4-15-10(6-11)7-14/h2,4,6,9,12H,3,5,8H2,1H3,(H,17,18). The highest BCUT2D eigenvalue weighted by Crippen LogP contribution is 2.27. The van der Waals surface area contributed by atoms with E-state index in [4.69, 9.17) is 5.26 Å². The highest BCUT2D eigenvalue weighted by molar-refractivity contribution is 5.71. The number of hydrogen-bond donors (Lipinski definition) is 1. The maximum absolute atomic E-state index is 11.2. The van der Waals surface area contributed by atoms with E-state index in [1.54, 1.807) is 12.3 Å². The number of carboxylic acid groups (broad SMARTS) is 1. The van der Waals surface area contributed by atoms with Gasteiger partial charge in [-0.2, -0.15) is 5.26 Å². The molecule has 1 N–H and O–H groups in total. The maximum Gasteiger partial charge on any atom is 0.308 e. The van der Waals surface area contributed by atoms with Crippen molar-refractivity contribution in [3.63, 3.8) is 0 Å². The molecule has 1 aliphatic heterocycles. The number of carboxylic acids is 1. The first-order chi connectivity index (χ1) is 8.61. The Morgan fingerprint density at radius 3 is 3.11 bits per heavy atom. The molecule has 1 fully saturated rings. The largest absolute Gasteiger partial charge is 0.481 e. The van der Waals surface area contributed by atoms with Crippen molar-refractivity contribution in [1.29, 1.82) is 5.26 Å². The molecular formula is C13H15N3O2. The zero-order valence-corrected chi connectivity index (χ0v) is 10.2. The Morgan fingerprint density at radius 1 is 1.67 bits per heavy atom. The molecule has 1 aromatic heterocycles. The Bertz CT molecular complexity index is 495. The molecule has 0 bridgehead atoms. The van der Waals surface area contributed by atoms with Gasteiger partial charge in [0.05, 0.1) is 5.92 Å². The summed E-state index contributed by atoms with van der Waals surface area (Å²) in [6.45, 7) is 3.29. The van der Waals surface area contributed by atoms with E-state index >= 15 is 0 Å². The van der Waals surface area contributed by atoms with Gasteiger partial charge in [-0.25, -0.2) is 4.98 Å². The highest BCUT2D eigenvalue weighted by Gasteiger charge is 2.31. The van der Waals surface area contributed by atoms with Crippen LogP contribution in [0.25, 0.3) is 0 Å². The number of piperidine rings is 1. The molecule has 0 saturated carbocycles. The Balaban J connectivity index is 2.19. The second-order valence-electron chi connectivity index (χ2n) is 4.67. The summed E-state index contributed by atoms with van der Waals surface area (Å²) in [6.07, 6.45) is 2.43. The van der Waals surface area contributed by atoms with Crippen LogP contribution >= 0.6 is 0 Å². The van der Waals surface area contributed by atoms with Gasteiger partial charge in [0.25, 0.3) is 0 Å². The topological polar surface area (TPSA) is 77.2 Å². The lowest BCUT2D eigenvalue weighted by Gasteiger charge is -2.36. The monoisotopic (exact) mass is 245 g/mol. The van der Waals surface area contributed by atoms with Crippen LogP contribution in [0.5, 0.6) is 0 Å². The van der Waals surface area contributed by atoms with Crippen molar-refractivity contribution in [3.05, 3.63) is 24.0 Å². The number of aliphatic carboxylic acids is 1. The summed E-state index contributed by atoms with van der Waals surface area (Å²) in [4.78, 5) is 17.1. The molecule has 5 heteroatoms. The molecule has 2 atom stereocenters. The van der Waals surface area contributed by atoms with E-state index in [2.05, 4.69) is 4.98 Å². The summed E-state index contributed by atoms with van der Waals surface area (Å²) in [5.41, 5.74) is 1.23. The molecule has 0 spiro atoms. The van der Waals surface area contributed by atoms with Crippen molar-refractivity contribution in [2.75, 3.05) is 18.0 Å². The lowest BCUT2D eigenvalue weighted by molar-refractivity contribution is -0.143. The second-order valence-corrected chi connectivity index (χ2v) is 4.67. The lowest BCUT2D eigenvalue weighted by atomic mass is 9.87. The summed E-state index contributed by atoms with van der Waals surface area (Å²) < 4.78 is 0. The van der Waals surface area contributed by atoms with Gasteiger partial charge in [-0.1, -0.05) is 6.92 Å². The SMILES string of the molecule is CC1CCN(c2ccnc(C#N)c2)CC1C(=O)O. The van der Waals surface area contributed by atoms with E-state index in [0.29, 0.717) is 12.2 Å². The highest BCUT2D eigenvalue weighted by atomic mass is 16.4. The van der Waals surface area contributed by atoms with Gasteiger partial charge in [-0.15, -0.1) is 0 Å². The number of pyridine rings is 1. The third-order valence-corrected chi connectivity index (χ3v) is 3.50. The molecular weight excluding hydrogens is 230 g/mol. The van der Waals surface area contributed by atoms with Crippen LogP contribution in [0.15, 0.2) is 18.3 Å². The number of rotatable bonds is 2. The Morgan fingerprint density at radius 2 is 2.44 bits per heavy atom. The minimum atomic E-state index is -0.748. The number of anilines is 1. The quantitative estimate of drug-likeness (QED) is 0.854. The molecule has 18 heavy (non-hydrogen) atoms. The predicted molar refractivity (Wildman–Crippen MR) is 66.1 cm³/mol. The Kier molecular flexibility index (Phi) is 3.47. The van der Waals surface area contributed by atoms with Gasteiger partial charge in [-0.3, -0.25) is 4.79 Å². The van der Waals surface area contributed by atoms with E-state index in [9.17, 15) is 9.90 Å². The second kappa shape index (κ2) is 5.05. The maximum atomic E-state index is 11.2. The number of carbonyl (C=O) groups is 1.